The number of hydrogen-bond donors (Lipinski definition) is 1. The first-order valence-corrected chi connectivity index (χ1v) is 17.8. The van der Waals surface area contributed by atoms with Crippen LogP contribution in [0.4, 0.5) is 4.79 Å². The Morgan fingerprint density at radius 1 is 0.955 bits per heavy atom. The quantitative estimate of drug-likeness (QED) is 0.362. The van der Waals surface area contributed by atoms with Gasteiger partial charge < -0.3 is 23.8 Å². The van der Waals surface area contributed by atoms with Gasteiger partial charge in [0, 0.05) is 6.54 Å². The number of piperidine rings is 1. The molecule has 0 bridgehead atoms. The summed E-state index contributed by atoms with van der Waals surface area (Å²) in [5.41, 5.74) is -0.799. The molecular formula is C33H52N2O8S. The smallest absolute Gasteiger partial charge is 0.410 e. The zero-order valence-electron chi connectivity index (χ0n) is 27.4. The van der Waals surface area contributed by atoms with E-state index in [-0.39, 0.29) is 37.5 Å². The average Bonchev–Trinajstić information content (AvgIpc) is 2.90. The molecule has 1 aliphatic carbocycles. The summed E-state index contributed by atoms with van der Waals surface area (Å²) in [5.74, 6) is 0.920. The van der Waals surface area contributed by atoms with Crippen LogP contribution in [0.2, 0.25) is 0 Å². The van der Waals surface area contributed by atoms with Crippen LogP contribution in [0.3, 0.4) is 0 Å². The first-order chi connectivity index (χ1) is 20.6. The van der Waals surface area contributed by atoms with Crippen molar-refractivity contribution in [2.75, 3.05) is 25.5 Å². The number of nitrogens with one attached hydrogen (secondary N) is 1. The van der Waals surface area contributed by atoms with Gasteiger partial charge in [-0.2, -0.15) is 0 Å². The maximum atomic E-state index is 13.3. The molecule has 4 rings (SSSR count). The molecule has 11 heteroatoms. The fourth-order valence-electron chi connectivity index (χ4n) is 6.73. The Morgan fingerprint density at radius 3 is 2.27 bits per heavy atom. The highest BCUT2D eigenvalue weighted by atomic mass is 32.2. The first kappa shape index (κ1) is 34.5. The van der Waals surface area contributed by atoms with Crippen LogP contribution < -0.4 is 9.46 Å². The number of nitrogens with zero attached hydrogens (tertiary/aromatic N) is 1. The third-order valence-corrected chi connectivity index (χ3v) is 10.1. The molecule has 1 N–H and O–H groups in total. The summed E-state index contributed by atoms with van der Waals surface area (Å²) in [7, 11) is -3.43. The summed E-state index contributed by atoms with van der Waals surface area (Å²) in [4.78, 5) is 27.1. The number of carbonyl (C=O) groups excluding carboxylic acids is 2. The minimum atomic E-state index is -3.43. The van der Waals surface area contributed by atoms with E-state index in [1.54, 1.807) is 4.90 Å². The molecule has 2 aliphatic heterocycles. The summed E-state index contributed by atoms with van der Waals surface area (Å²) >= 11 is 0. The summed E-state index contributed by atoms with van der Waals surface area (Å²) < 4.78 is 52.1. The van der Waals surface area contributed by atoms with Gasteiger partial charge in [0.25, 0.3) is 0 Å². The lowest BCUT2D eigenvalue weighted by atomic mass is 9.78. The van der Waals surface area contributed by atoms with Gasteiger partial charge in [-0.1, -0.05) is 18.2 Å². The van der Waals surface area contributed by atoms with Crippen molar-refractivity contribution >= 4 is 22.1 Å². The number of sulfonamides is 1. The predicted molar refractivity (Wildman–Crippen MR) is 168 cm³/mol. The van der Waals surface area contributed by atoms with Crippen LogP contribution in [0, 0.1) is 0 Å². The number of amides is 1. The highest BCUT2D eigenvalue weighted by Gasteiger charge is 2.51. The molecule has 0 radical (unpaired) electrons. The number of carbonyl (C=O) groups is 2. The number of benzene rings is 1. The Bertz CT molecular complexity index is 1240. The van der Waals surface area contributed by atoms with E-state index >= 15 is 0 Å². The second kappa shape index (κ2) is 14.0. The minimum Gasteiger partial charge on any atom is -0.493 e. The van der Waals surface area contributed by atoms with Crippen molar-refractivity contribution in [1.29, 1.82) is 0 Å². The predicted octanol–water partition coefficient (Wildman–Crippen LogP) is 5.69. The number of likely N-dealkylation sites (tertiary alicyclic amines) is 1. The van der Waals surface area contributed by atoms with Gasteiger partial charge in [0.1, 0.15) is 17.0 Å². The fraction of sp³-hybridized carbons (Fsp3) is 0.758. The van der Waals surface area contributed by atoms with Gasteiger partial charge in [-0.15, -0.1) is 0 Å². The topological polar surface area (TPSA) is 120 Å². The summed E-state index contributed by atoms with van der Waals surface area (Å²) in [6.07, 6.45) is 5.85. The van der Waals surface area contributed by atoms with Crippen molar-refractivity contribution in [3.63, 3.8) is 0 Å². The lowest BCUT2D eigenvalue weighted by molar-refractivity contribution is -0.155. The number of rotatable bonds is 8. The molecule has 3 aliphatic rings. The second-order valence-electron chi connectivity index (χ2n) is 14.5. The highest BCUT2D eigenvalue weighted by molar-refractivity contribution is 7.89. The number of ether oxygens (including phenoxy) is 4. The monoisotopic (exact) mass is 636 g/mol. The molecule has 1 aromatic carbocycles. The van der Waals surface area contributed by atoms with E-state index in [9.17, 15) is 18.0 Å². The Morgan fingerprint density at radius 2 is 1.61 bits per heavy atom. The molecule has 1 aromatic rings. The molecule has 2 saturated heterocycles. The van der Waals surface area contributed by atoms with E-state index in [2.05, 4.69) is 10.8 Å². The van der Waals surface area contributed by atoms with Crippen LogP contribution in [0.15, 0.2) is 24.3 Å². The van der Waals surface area contributed by atoms with Gasteiger partial charge in [0.15, 0.2) is 0 Å². The summed E-state index contributed by atoms with van der Waals surface area (Å²) in [5, 5.41) is 0. The zero-order chi connectivity index (χ0) is 32.2. The van der Waals surface area contributed by atoms with Crippen LogP contribution in [0.5, 0.6) is 5.75 Å². The van der Waals surface area contributed by atoms with Crippen molar-refractivity contribution in [3.8, 4) is 5.75 Å². The largest absolute Gasteiger partial charge is 0.493 e. The lowest BCUT2D eigenvalue weighted by Crippen LogP contribution is -2.69. The third kappa shape index (κ3) is 9.57. The number of para-hydroxylation sites is 1. The van der Waals surface area contributed by atoms with E-state index in [1.807, 2.05) is 59.7 Å². The molecule has 1 saturated carbocycles. The van der Waals surface area contributed by atoms with Crippen molar-refractivity contribution < 1.29 is 37.0 Å². The van der Waals surface area contributed by atoms with Gasteiger partial charge in [0.2, 0.25) is 10.0 Å². The molecule has 3 fully saturated rings. The van der Waals surface area contributed by atoms with Gasteiger partial charge >= 0.3 is 12.1 Å². The van der Waals surface area contributed by atoms with Crippen molar-refractivity contribution in [3.05, 3.63) is 29.8 Å². The third-order valence-electron chi connectivity index (χ3n) is 8.57. The summed E-state index contributed by atoms with van der Waals surface area (Å²) in [6, 6.07) is 7.55. The van der Waals surface area contributed by atoms with E-state index in [4.69, 9.17) is 18.9 Å². The molecule has 248 valence electrons. The van der Waals surface area contributed by atoms with Crippen LogP contribution in [0.1, 0.15) is 111 Å². The molecule has 0 aromatic heterocycles. The van der Waals surface area contributed by atoms with Gasteiger partial charge in [0.05, 0.1) is 43.1 Å². The molecule has 44 heavy (non-hydrogen) atoms. The molecule has 2 heterocycles. The maximum absolute atomic E-state index is 13.3. The van der Waals surface area contributed by atoms with Crippen LogP contribution in [0.25, 0.3) is 0 Å². The zero-order valence-corrected chi connectivity index (χ0v) is 28.2. The molecule has 10 nitrogen and oxygen atoms in total. The fourth-order valence-corrected chi connectivity index (χ4v) is 8.31. The molecule has 2 atom stereocenters. The van der Waals surface area contributed by atoms with Gasteiger partial charge in [-0.05, 0) is 110 Å². The van der Waals surface area contributed by atoms with Crippen molar-refractivity contribution in [2.45, 2.75) is 134 Å². The number of hydrogen-bond acceptors (Lipinski definition) is 8. The van der Waals surface area contributed by atoms with Crippen molar-refractivity contribution in [2.24, 2.45) is 0 Å². The van der Waals surface area contributed by atoms with E-state index < -0.39 is 38.9 Å². The number of esters is 1. The Balaban J connectivity index is 1.37. The van der Waals surface area contributed by atoms with E-state index in [0.29, 0.717) is 38.1 Å². The minimum absolute atomic E-state index is 0.00570. The lowest BCUT2D eigenvalue weighted by Gasteiger charge is -2.51. The normalized spacial score (nSPS) is 27.5. The van der Waals surface area contributed by atoms with Crippen LogP contribution in [-0.2, 0) is 29.0 Å². The molecule has 1 spiro atoms. The highest BCUT2D eigenvalue weighted by Crippen LogP contribution is 2.40. The van der Waals surface area contributed by atoms with Gasteiger partial charge in [-0.3, -0.25) is 4.79 Å². The molecule has 1 amide bonds. The maximum Gasteiger partial charge on any atom is 0.410 e. The SMILES string of the molecule is CC(C)(C)OC(=O)CCOc1ccccc1C1CCC(OCC2N(C(=O)OC(C)(C)C)CCCC23CCCS(=O)(=O)N3)CC1. The van der Waals surface area contributed by atoms with Crippen molar-refractivity contribution in [1.82, 2.24) is 9.62 Å². The average molecular weight is 637 g/mol. The van der Waals surface area contributed by atoms with Gasteiger partial charge in [-0.25, -0.2) is 17.9 Å². The molecule has 2 unspecified atom stereocenters. The van der Waals surface area contributed by atoms with Crippen LogP contribution in [-0.4, -0.2) is 79.8 Å². The second-order valence-corrected chi connectivity index (χ2v) is 16.3. The van der Waals surface area contributed by atoms with Crippen LogP contribution >= 0.6 is 0 Å². The Hall–Kier alpha value is -2.37. The first-order valence-electron chi connectivity index (χ1n) is 16.1. The van der Waals surface area contributed by atoms with E-state index in [0.717, 1.165) is 37.0 Å². The Labute approximate surface area is 263 Å². The standard InChI is InChI=1S/C33H52N2O8S/c1-31(2,3)42-29(36)17-21-40-27-12-8-7-11-26(27)24-13-15-25(16-14-24)41-23-28-33(19-10-22-44(38,39)34-33)18-9-20-35(28)30(37)43-32(4,5)6/h7-8,11-12,24-25,28,34H,9-10,13-23H2,1-6H3. The van der Waals surface area contributed by atoms with E-state index in [1.165, 1.54) is 0 Å². The molecular weight excluding hydrogens is 584 g/mol. The Kier molecular flexibility index (Phi) is 10.9. The summed E-state index contributed by atoms with van der Waals surface area (Å²) in [6.45, 7) is 12.1.